The SMILES string of the molecule is CCC(C)c1ccc(OC(CSC)OC2c3ccccc3-c3ccccc32)cc1. The highest BCUT2D eigenvalue weighted by molar-refractivity contribution is 7.98. The Morgan fingerprint density at radius 3 is 2.00 bits per heavy atom. The summed E-state index contributed by atoms with van der Waals surface area (Å²) in [7, 11) is 0. The van der Waals surface area contributed by atoms with Gasteiger partial charge in [-0.15, -0.1) is 0 Å². The summed E-state index contributed by atoms with van der Waals surface area (Å²) in [5.74, 6) is 2.19. The third-order valence-corrected chi connectivity index (χ3v) is 6.30. The van der Waals surface area contributed by atoms with Crippen molar-refractivity contribution in [2.24, 2.45) is 0 Å². The van der Waals surface area contributed by atoms with E-state index >= 15 is 0 Å². The van der Waals surface area contributed by atoms with Crippen LogP contribution in [0.25, 0.3) is 11.1 Å². The summed E-state index contributed by atoms with van der Waals surface area (Å²) in [4.78, 5) is 0. The molecule has 0 fully saturated rings. The summed E-state index contributed by atoms with van der Waals surface area (Å²) >= 11 is 1.74. The van der Waals surface area contributed by atoms with Crippen molar-refractivity contribution >= 4 is 11.8 Å². The predicted molar refractivity (Wildman–Crippen MR) is 123 cm³/mol. The zero-order chi connectivity index (χ0) is 20.2. The van der Waals surface area contributed by atoms with Gasteiger partial charge in [0.15, 0.2) is 0 Å². The maximum Gasteiger partial charge on any atom is 0.209 e. The normalized spacial score (nSPS) is 14.9. The van der Waals surface area contributed by atoms with Crippen LogP contribution in [0.1, 0.15) is 49.0 Å². The lowest BCUT2D eigenvalue weighted by Crippen LogP contribution is -2.25. The lowest BCUT2D eigenvalue weighted by atomic mass is 9.99. The van der Waals surface area contributed by atoms with Crippen LogP contribution in [0.3, 0.4) is 0 Å². The second-order valence-electron chi connectivity index (χ2n) is 7.57. The van der Waals surface area contributed by atoms with Gasteiger partial charge in [-0.2, -0.15) is 11.8 Å². The molecule has 0 spiro atoms. The molecule has 0 amide bonds. The van der Waals surface area contributed by atoms with Crippen LogP contribution >= 0.6 is 11.8 Å². The molecule has 2 nitrogen and oxygen atoms in total. The van der Waals surface area contributed by atoms with Gasteiger partial charge >= 0.3 is 0 Å². The molecular formula is C26H28O2S. The summed E-state index contributed by atoms with van der Waals surface area (Å²) in [5.41, 5.74) is 6.30. The second-order valence-corrected chi connectivity index (χ2v) is 8.48. The molecule has 0 N–H and O–H groups in total. The van der Waals surface area contributed by atoms with E-state index in [-0.39, 0.29) is 12.4 Å². The minimum absolute atomic E-state index is 0.0982. The van der Waals surface area contributed by atoms with E-state index < -0.39 is 0 Å². The molecule has 3 aromatic rings. The molecule has 0 radical (unpaired) electrons. The first-order valence-corrected chi connectivity index (χ1v) is 11.7. The van der Waals surface area contributed by atoms with Crippen molar-refractivity contribution in [2.45, 2.75) is 38.6 Å². The van der Waals surface area contributed by atoms with Crippen LogP contribution in [-0.4, -0.2) is 18.3 Å². The molecule has 0 aromatic heterocycles. The van der Waals surface area contributed by atoms with Gasteiger partial charge in [-0.05, 0) is 58.5 Å². The number of rotatable bonds is 8. The Balaban J connectivity index is 1.56. The Bertz CT molecular complexity index is 905. The van der Waals surface area contributed by atoms with Crippen LogP contribution in [-0.2, 0) is 4.74 Å². The maximum absolute atomic E-state index is 6.56. The van der Waals surface area contributed by atoms with Gasteiger partial charge in [0, 0.05) is 0 Å². The van der Waals surface area contributed by atoms with E-state index in [1.807, 2.05) is 0 Å². The van der Waals surface area contributed by atoms with Crippen molar-refractivity contribution in [1.82, 2.24) is 0 Å². The largest absolute Gasteiger partial charge is 0.464 e. The number of benzene rings is 3. The summed E-state index contributed by atoms with van der Waals surface area (Å²) in [6, 6.07) is 25.5. The zero-order valence-electron chi connectivity index (χ0n) is 17.3. The number of thioether (sulfide) groups is 1. The molecular weight excluding hydrogens is 376 g/mol. The number of fused-ring (bicyclic) bond motifs is 3. The predicted octanol–water partition coefficient (Wildman–Crippen LogP) is 7.05. The number of hydrogen-bond acceptors (Lipinski definition) is 3. The lowest BCUT2D eigenvalue weighted by Gasteiger charge is -2.24. The molecule has 29 heavy (non-hydrogen) atoms. The first-order valence-electron chi connectivity index (χ1n) is 10.3. The lowest BCUT2D eigenvalue weighted by molar-refractivity contribution is -0.0912. The molecule has 4 rings (SSSR count). The summed E-state index contributed by atoms with van der Waals surface area (Å²) in [6.45, 7) is 4.47. The van der Waals surface area contributed by atoms with Crippen LogP contribution in [0.2, 0.25) is 0 Å². The maximum atomic E-state index is 6.56. The fourth-order valence-electron chi connectivity index (χ4n) is 3.91. The Morgan fingerprint density at radius 2 is 1.45 bits per heavy atom. The van der Waals surface area contributed by atoms with Gasteiger partial charge in [-0.1, -0.05) is 74.5 Å². The molecule has 0 bridgehead atoms. The number of ether oxygens (including phenoxy) is 2. The van der Waals surface area contributed by atoms with E-state index in [4.69, 9.17) is 9.47 Å². The fraction of sp³-hybridized carbons (Fsp3) is 0.308. The highest BCUT2D eigenvalue weighted by Gasteiger charge is 2.31. The fourth-order valence-corrected chi connectivity index (χ4v) is 4.33. The van der Waals surface area contributed by atoms with E-state index in [1.54, 1.807) is 11.8 Å². The van der Waals surface area contributed by atoms with E-state index in [0.29, 0.717) is 5.92 Å². The topological polar surface area (TPSA) is 18.5 Å². The monoisotopic (exact) mass is 404 g/mol. The van der Waals surface area contributed by atoms with Crippen LogP contribution in [0.4, 0.5) is 0 Å². The Hall–Kier alpha value is -2.23. The van der Waals surface area contributed by atoms with E-state index in [1.165, 1.54) is 27.8 Å². The van der Waals surface area contributed by atoms with Crippen molar-refractivity contribution in [2.75, 3.05) is 12.0 Å². The molecule has 0 saturated carbocycles. The first-order chi connectivity index (χ1) is 14.2. The summed E-state index contributed by atoms with van der Waals surface area (Å²) < 4.78 is 12.8. The van der Waals surface area contributed by atoms with Gasteiger partial charge in [0.05, 0.1) is 5.75 Å². The van der Waals surface area contributed by atoms with Crippen molar-refractivity contribution in [3.05, 3.63) is 89.5 Å². The van der Waals surface area contributed by atoms with Crippen LogP contribution in [0, 0.1) is 0 Å². The van der Waals surface area contributed by atoms with Crippen molar-refractivity contribution in [1.29, 1.82) is 0 Å². The number of hydrogen-bond donors (Lipinski definition) is 0. The standard InChI is InChI=1S/C26H28O2S/c1-4-18(2)19-13-15-20(16-14-19)27-25(17-29-3)28-26-23-11-7-5-9-21(23)22-10-6-8-12-24(22)26/h5-16,18,25-26H,4,17H2,1-3H3. The van der Waals surface area contributed by atoms with Gasteiger partial charge in [0.1, 0.15) is 11.9 Å². The molecule has 3 aromatic carbocycles. The summed E-state index contributed by atoms with van der Waals surface area (Å²) in [5, 5.41) is 0. The third kappa shape index (κ3) is 4.22. The minimum Gasteiger partial charge on any atom is -0.464 e. The Morgan fingerprint density at radius 1 is 0.862 bits per heavy atom. The first kappa shape index (κ1) is 20.1. The minimum atomic E-state index is -0.316. The van der Waals surface area contributed by atoms with Gasteiger partial charge in [-0.3, -0.25) is 0 Å². The van der Waals surface area contributed by atoms with Crippen molar-refractivity contribution < 1.29 is 9.47 Å². The van der Waals surface area contributed by atoms with Gasteiger partial charge in [0.2, 0.25) is 6.29 Å². The van der Waals surface area contributed by atoms with Gasteiger partial charge < -0.3 is 9.47 Å². The average Bonchev–Trinajstić information content (AvgIpc) is 3.08. The smallest absolute Gasteiger partial charge is 0.209 e. The zero-order valence-corrected chi connectivity index (χ0v) is 18.1. The average molecular weight is 405 g/mol. The third-order valence-electron chi connectivity index (χ3n) is 5.70. The van der Waals surface area contributed by atoms with Gasteiger partial charge in [0.25, 0.3) is 0 Å². The van der Waals surface area contributed by atoms with Crippen LogP contribution in [0.15, 0.2) is 72.8 Å². The Labute approximate surface area is 178 Å². The molecule has 2 atom stereocenters. The molecule has 1 aliphatic rings. The van der Waals surface area contributed by atoms with Crippen molar-refractivity contribution in [3.8, 4) is 16.9 Å². The van der Waals surface area contributed by atoms with Gasteiger partial charge in [-0.25, -0.2) is 0 Å². The molecule has 150 valence electrons. The molecule has 1 aliphatic carbocycles. The van der Waals surface area contributed by atoms with E-state index in [2.05, 4.69) is 92.9 Å². The summed E-state index contributed by atoms with van der Waals surface area (Å²) in [6.07, 6.45) is 2.81. The van der Waals surface area contributed by atoms with E-state index in [9.17, 15) is 0 Å². The molecule has 3 heteroatoms. The van der Waals surface area contributed by atoms with E-state index in [0.717, 1.165) is 17.9 Å². The highest BCUT2D eigenvalue weighted by atomic mass is 32.2. The molecule has 2 unspecified atom stereocenters. The molecule has 0 saturated heterocycles. The molecule has 0 heterocycles. The quantitative estimate of drug-likeness (QED) is 0.375. The van der Waals surface area contributed by atoms with Crippen molar-refractivity contribution in [3.63, 3.8) is 0 Å². The highest BCUT2D eigenvalue weighted by Crippen LogP contribution is 2.45. The van der Waals surface area contributed by atoms with Crippen LogP contribution in [0.5, 0.6) is 5.75 Å². The second kappa shape index (κ2) is 9.06. The van der Waals surface area contributed by atoms with Crippen LogP contribution < -0.4 is 4.74 Å². The Kier molecular flexibility index (Phi) is 6.27. The molecule has 0 aliphatic heterocycles.